The van der Waals surface area contributed by atoms with Gasteiger partial charge in [0.1, 0.15) is 0 Å². The highest BCUT2D eigenvalue weighted by Gasteiger charge is 2.19. The highest BCUT2D eigenvalue weighted by Crippen LogP contribution is 2.21. The molecule has 1 aromatic rings. The lowest BCUT2D eigenvalue weighted by Crippen LogP contribution is -2.08. The minimum Gasteiger partial charge on any atom is -0.481 e. The van der Waals surface area contributed by atoms with Gasteiger partial charge < -0.3 is 5.11 Å². The quantitative estimate of drug-likeness (QED) is 0.811. The summed E-state index contributed by atoms with van der Waals surface area (Å²) in [5, 5.41) is 8.54. The van der Waals surface area contributed by atoms with Gasteiger partial charge in [-0.3, -0.25) is 4.79 Å². The molecular weight excluding hydrogens is 233 g/mol. The summed E-state index contributed by atoms with van der Waals surface area (Å²) in [7, 11) is 0. The molecule has 1 rings (SSSR count). The molecule has 5 heteroatoms. The summed E-state index contributed by atoms with van der Waals surface area (Å²) in [5.41, 5.74) is -0.287. The van der Waals surface area contributed by atoms with Gasteiger partial charge in [0.15, 0.2) is 17.5 Å². The first-order valence-corrected chi connectivity index (χ1v) is 5.34. The van der Waals surface area contributed by atoms with Gasteiger partial charge in [-0.25, -0.2) is 13.2 Å². The number of hydrogen-bond donors (Lipinski definition) is 1. The molecule has 0 aliphatic heterocycles. The molecule has 0 radical (unpaired) electrons. The largest absolute Gasteiger partial charge is 0.481 e. The molecule has 1 N–H and O–H groups in total. The molecule has 0 heterocycles. The van der Waals surface area contributed by atoms with Crippen molar-refractivity contribution in [1.82, 2.24) is 0 Å². The van der Waals surface area contributed by atoms with Crippen molar-refractivity contribution in [1.29, 1.82) is 0 Å². The Morgan fingerprint density at radius 3 is 2.29 bits per heavy atom. The third kappa shape index (κ3) is 3.22. The summed E-state index contributed by atoms with van der Waals surface area (Å²) in [6.45, 7) is 1.88. The Kier molecular flexibility index (Phi) is 4.54. The third-order valence-electron chi connectivity index (χ3n) is 2.44. The van der Waals surface area contributed by atoms with Crippen molar-refractivity contribution in [2.75, 3.05) is 0 Å². The Hall–Kier alpha value is -1.52. The van der Waals surface area contributed by atoms with Crippen molar-refractivity contribution in [3.63, 3.8) is 0 Å². The van der Waals surface area contributed by atoms with Crippen LogP contribution in [0.1, 0.15) is 30.9 Å². The molecular formula is C12H13F3O2. The molecule has 0 aliphatic rings. The zero-order chi connectivity index (χ0) is 13.0. The van der Waals surface area contributed by atoms with E-state index >= 15 is 0 Å². The first-order chi connectivity index (χ1) is 7.97. The number of benzene rings is 1. The zero-order valence-corrected chi connectivity index (χ0v) is 9.40. The van der Waals surface area contributed by atoms with E-state index in [4.69, 9.17) is 5.11 Å². The van der Waals surface area contributed by atoms with E-state index in [2.05, 4.69) is 0 Å². The van der Waals surface area contributed by atoms with E-state index < -0.39 is 29.8 Å². The van der Waals surface area contributed by atoms with Gasteiger partial charge in [0.25, 0.3) is 0 Å². The summed E-state index contributed by atoms with van der Waals surface area (Å²) in [6.07, 6.45) is 1.04. The van der Waals surface area contributed by atoms with Gasteiger partial charge in [-0.15, -0.1) is 0 Å². The Morgan fingerprint density at radius 2 is 1.76 bits per heavy atom. The van der Waals surface area contributed by atoms with Gasteiger partial charge in [-0.05, 0) is 24.5 Å². The third-order valence-corrected chi connectivity index (χ3v) is 2.44. The van der Waals surface area contributed by atoms with Crippen LogP contribution in [0.15, 0.2) is 6.07 Å². The fourth-order valence-corrected chi connectivity index (χ4v) is 1.56. The molecule has 0 amide bonds. The van der Waals surface area contributed by atoms with Gasteiger partial charge in [0, 0.05) is 5.56 Å². The minimum atomic E-state index is -1.59. The molecule has 0 spiro atoms. The second-order valence-corrected chi connectivity index (χ2v) is 3.81. The maximum atomic E-state index is 13.3. The van der Waals surface area contributed by atoms with Crippen LogP contribution in [0.4, 0.5) is 13.2 Å². The van der Waals surface area contributed by atoms with Crippen molar-refractivity contribution in [2.24, 2.45) is 0 Å². The first-order valence-electron chi connectivity index (χ1n) is 5.34. The van der Waals surface area contributed by atoms with Gasteiger partial charge in [-0.2, -0.15) is 0 Å². The number of aryl methyl sites for hydroxylation is 1. The Morgan fingerprint density at radius 1 is 1.18 bits per heavy atom. The number of halogens is 3. The first kappa shape index (κ1) is 13.5. The molecule has 0 bridgehead atoms. The molecule has 0 atom stereocenters. The molecule has 0 unspecified atom stereocenters. The molecule has 94 valence electrons. The van der Waals surface area contributed by atoms with E-state index in [1.807, 2.05) is 6.92 Å². The number of rotatable bonds is 5. The Balaban J connectivity index is 3.14. The average Bonchev–Trinajstić information content (AvgIpc) is 2.28. The summed E-state index contributed by atoms with van der Waals surface area (Å²) >= 11 is 0. The second-order valence-electron chi connectivity index (χ2n) is 3.81. The number of unbranched alkanes of at least 4 members (excludes halogenated alkanes) is 1. The summed E-state index contributed by atoms with van der Waals surface area (Å²) in [4.78, 5) is 10.5. The van der Waals surface area contributed by atoms with Gasteiger partial charge in [-0.1, -0.05) is 13.3 Å². The average molecular weight is 246 g/mol. The van der Waals surface area contributed by atoms with Crippen LogP contribution in [0.5, 0.6) is 0 Å². The van der Waals surface area contributed by atoms with E-state index in [1.54, 1.807) is 0 Å². The smallest absolute Gasteiger partial charge is 0.307 e. The van der Waals surface area contributed by atoms with Crippen LogP contribution in [-0.4, -0.2) is 11.1 Å². The molecule has 0 aliphatic carbocycles. The lowest BCUT2D eigenvalue weighted by molar-refractivity contribution is -0.136. The van der Waals surface area contributed by atoms with Crippen LogP contribution in [0, 0.1) is 17.5 Å². The van der Waals surface area contributed by atoms with Crippen LogP contribution in [0.25, 0.3) is 0 Å². The number of carbonyl (C=O) groups is 1. The van der Waals surface area contributed by atoms with Crippen molar-refractivity contribution in [2.45, 2.75) is 32.6 Å². The number of hydrogen-bond acceptors (Lipinski definition) is 1. The molecule has 1 aromatic carbocycles. The predicted octanol–water partition coefficient (Wildman–Crippen LogP) is 3.07. The molecule has 2 nitrogen and oxygen atoms in total. The monoisotopic (exact) mass is 246 g/mol. The molecule has 0 saturated heterocycles. The van der Waals surface area contributed by atoms with Crippen LogP contribution >= 0.6 is 0 Å². The normalized spacial score (nSPS) is 10.6. The lowest BCUT2D eigenvalue weighted by Gasteiger charge is -2.08. The van der Waals surface area contributed by atoms with Crippen LogP contribution in [0.3, 0.4) is 0 Å². The highest BCUT2D eigenvalue weighted by atomic mass is 19.2. The maximum absolute atomic E-state index is 13.3. The van der Waals surface area contributed by atoms with E-state index in [-0.39, 0.29) is 17.5 Å². The Bertz CT molecular complexity index is 430. The lowest BCUT2D eigenvalue weighted by atomic mass is 10.0. The van der Waals surface area contributed by atoms with Crippen LogP contribution in [-0.2, 0) is 17.6 Å². The van der Waals surface area contributed by atoms with Gasteiger partial charge in [0.2, 0.25) is 0 Å². The zero-order valence-electron chi connectivity index (χ0n) is 9.40. The topological polar surface area (TPSA) is 37.3 Å². The predicted molar refractivity (Wildman–Crippen MR) is 56.3 cm³/mol. The summed E-state index contributed by atoms with van der Waals surface area (Å²) < 4.78 is 39.8. The van der Waals surface area contributed by atoms with Crippen LogP contribution < -0.4 is 0 Å². The van der Waals surface area contributed by atoms with Crippen molar-refractivity contribution in [3.8, 4) is 0 Å². The van der Waals surface area contributed by atoms with Crippen LogP contribution in [0.2, 0.25) is 0 Å². The van der Waals surface area contributed by atoms with E-state index in [0.29, 0.717) is 6.42 Å². The van der Waals surface area contributed by atoms with Crippen molar-refractivity contribution < 1.29 is 23.1 Å². The molecule has 0 saturated carbocycles. The minimum absolute atomic E-state index is 0.0296. The number of aliphatic carboxylic acids is 1. The van der Waals surface area contributed by atoms with E-state index in [9.17, 15) is 18.0 Å². The molecule has 0 fully saturated rings. The van der Waals surface area contributed by atoms with Crippen molar-refractivity contribution >= 4 is 5.97 Å². The number of carboxylic acid groups (broad SMARTS) is 1. The SMILES string of the molecule is CCCCc1cc(CC(=O)O)c(F)c(F)c1F. The molecule has 17 heavy (non-hydrogen) atoms. The Labute approximate surface area is 97.1 Å². The number of carboxylic acids is 1. The van der Waals surface area contributed by atoms with E-state index in [0.717, 1.165) is 12.5 Å². The molecule has 0 aromatic heterocycles. The fraction of sp³-hybridized carbons (Fsp3) is 0.417. The maximum Gasteiger partial charge on any atom is 0.307 e. The fourth-order valence-electron chi connectivity index (χ4n) is 1.56. The standard InChI is InChI=1S/C12H13F3O2/c1-2-3-4-7-5-8(6-9(16)17)11(14)12(15)10(7)13/h5H,2-4,6H2,1H3,(H,16,17). The summed E-state index contributed by atoms with van der Waals surface area (Å²) in [6, 6.07) is 1.09. The summed E-state index contributed by atoms with van der Waals surface area (Å²) in [5.74, 6) is -5.50. The van der Waals surface area contributed by atoms with E-state index in [1.165, 1.54) is 0 Å². The highest BCUT2D eigenvalue weighted by molar-refractivity contribution is 5.70. The van der Waals surface area contributed by atoms with Gasteiger partial charge >= 0.3 is 5.97 Å². The van der Waals surface area contributed by atoms with Gasteiger partial charge in [0.05, 0.1) is 6.42 Å². The second kappa shape index (κ2) is 5.70. The van der Waals surface area contributed by atoms with Crippen molar-refractivity contribution in [3.05, 3.63) is 34.6 Å².